The van der Waals surface area contributed by atoms with E-state index in [1.807, 2.05) is 13.8 Å². The molecule has 2 aromatic heterocycles. The SMILES string of the molecule is CCCOc1nc(NCC)nc(NCc2ncon2)n1. The fourth-order valence-electron chi connectivity index (χ4n) is 1.36. The molecule has 2 aromatic rings. The van der Waals surface area contributed by atoms with Crippen molar-refractivity contribution >= 4 is 11.9 Å². The first-order chi connectivity index (χ1) is 9.81. The number of ether oxygens (including phenoxy) is 1. The van der Waals surface area contributed by atoms with Crippen molar-refractivity contribution in [1.29, 1.82) is 0 Å². The lowest BCUT2D eigenvalue weighted by molar-refractivity contribution is 0.292. The van der Waals surface area contributed by atoms with Crippen molar-refractivity contribution in [3.8, 4) is 6.01 Å². The molecule has 108 valence electrons. The van der Waals surface area contributed by atoms with Crippen molar-refractivity contribution in [2.24, 2.45) is 0 Å². The number of hydrogen-bond acceptors (Lipinski definition) is 9. The summed E-state index contributed by atoms with van der Waals surface area (Å²) in [5.41, 5.74) is 0. The topological polar surface area (TPSA) is 111 Å². The van der Waals surface area contributed by atoms with Gasteiger partial charge < -0.3 is 19.9 Å². The number of rotatable bonds is 8. The molecule has 0 aliphatic heterocycles. The predicted molar refractivity (Wildman–Crippen MR) is 71.4 cm³/mol. The average molecular weight is 279 g/mol. The summed E-state index contributed by atoms with van der Waals surface area (Å²) >= 11 is 0. The molecule has 0 aromatic carbocycles. The highest BCUT2D eigenvalue weighted by Gasteiger charge is 2.08. The first-order valence-corrected chi connectivity index (χ1v) is 6.43. The van der Waals surface area contributed by atoms with Gasteiger partial charge in [0.25, 0.3) is 0 Å². The van der Waals surface area contributed by atoms with Crippen molar-refractivity contribution in [2.45, 2.75) is 26.8 Å². The molecule has 0 aliphatic carbocycles. The third-order valence-corrected chi connectivity index (χ3v) is 2.20. The number of aromatic nitrogens is 5. The monoisotopic (exact) mass is 279 g/mol. The summed E-state index contributed by atoms with van der Waals surface area (Å²) in [6.45, 7) is 5.60. The molecule has 0 unspecified atom stereocenters. The molecule has 0 atom stereocenters. The Morgan fingerprint density at radius 1 is 1.15 bits per heavy atom. The number of nitrogens with one attached hydrogen (secondary N) is 2. The maximum Gasteiger partial charge on any atom is 0.323 e. The fourth-order valence-corrected chi connectivity index (χ4v) is 1.36. The van der Waals surface area contributed by atoms with Gasteiger partial charge in [0.05, 0.1) is 13.2 Å². The molecule has 0 radical (unpaired) electrons. The van der Waals surface area contributed by atoms with Crippen LogP contribution in [0.4, 0.5) is 11.9 Å². The zero-order valence-electron chi connectivity index (χ0n) is 11.5. The molecule has 0 spiro atoms. The van der Waals surface area contributed by atoms with Gasteiger partial charge in [-0.3, -0.25) is 0 Å². The fraction of sp³-hybridized carbons (Fsp3) is 0.545. The molecule has 20 heavy (non-hydrogen) atoms. The van der Waals surface area contributed by atoms with E-state index in [9.17, 15) is 0 Å². The van der Waals surface area contributed by atoms with Gasteiger partial charge in [-0.05, 0) is 13.3 Å². The van der Waals surface area contributed by atoms with Gasteiger partial charge in [-0.15, -0.1) is 0 Å². The Kier molecular flexibility index (Phi) is 5.04. The van der Waals surface area contributed by atoms with E-state index in [-0.39, 0.29) is 6.01 Å². The van der Waals surface area contributed by atoms with Crippen molar-refractivity contribution in [3.05, 3.63) is 12.2 Å². The van der Waals surface area contributed by atoms with Gasteiger partial charge in [0, 0.05) is 6.54 Å². The third-order valence-electron chi connectivity index (χ3n) is 2.20. The quantitative estimate of drug-likeness (QED) is 0.733. The second-order valence-electron chi connectivity index (χ2n) is 3.84. The molecule has 2 heterocycles. The number of hydrogen-bond donors (Lipinski definition) is 2. The number of anilines is 2. The van der Waals surface area contributed by atoms with Crippen LogP contribution in [0.5, 0.6) is 6.01 Å². The van der Waals surface area contributed by atoms with Gasteiger partial charge in [-0.1, -0.05) is 12.1 Å². The van der Waals surface area contributed by atoms with Crippen LogP contribution in [0.15, 0.2) is 10.9 Å². The first-order valence-electron chi connectivity index (χ1n) is 6.43. The van der Waals surface area contributed by atoms with Crippen molar-refractivity contribution in [3.63, 3.8) is 0 Å². The van der Waals surface area contributed by atoms with Gasteiger partial charge >= 0.3 is 6.01 Å². The van der Waals surface area contributed by atoms with Crippen LogP contribution in [0.2, 0.25) is 0 Å². The summed E-state index contributed by atoms with van der Waals surface area (Å²) in [6, 6.07) is 0.286. The smallest absolute Gasteiger partial charge is 0.323 e. The van der Waals surface area contributed by atoms with Crippen molar-refractivity contribution in [2.75, 3.05) is 23.8 Å². The van der Waals surface area contributed by atoms with Crippen LogP contribution in [0.25, 0.3) is 0 Å². The summed E-state index contributed by atoms with van der Waals surface area (Å²) < 4.78 is 10.1. The van der Waals surface area contributed by atoms with E-state index in [0.717, 1.165) is 6.42 Å². The molecule has 0 saturated heterocycles. The molecule has 9 heteroatoms. The molecule has 0 bridgehead atoms. The Morgan fingerprint density at radius 3 is 2.60 bits per heavy atom. The second kappa shape index (κ2) is 7.22. The van der Waals surface area contributed by atoms with E-state index in [4.69, 9.17) is 4.74 Å². The molecule has 0 fully saturated rings. The first kappa shape index (κ1) is 14.0. The summed E-state index contributed by atoms with van der Waals surface area (Å²) in [5.74, 6) is 1.38. The van der Waals surface area contributed by atoms with E-state index < -0.39 is 0 Å². The average Bonchev–Trinajstić information content (AvgIpc) is 2.96. The van der Waals surface area contributed by atoms with Crippen LogP contribution < -0.4 is 15.4 Å². The Hall–Kier alpha value is -2.45. The lowest BCUT2D eigenvalue weighted by Crippen LogP contribution is -2.11. The van der Waals surface area contributed by atoms with E-state index >= 15 is 0 Å². The van der Waals surface area contributed by atoms with E-state index in [1.165, 1.54) is 6.39 Å². The Bertz CT molecular complexity index is 517. The van der Waals surface area contributed by atoms with Crippen LogP contribution >= 0.6 is 0 Å². The minimum atomic E-state index is 0.286. The molecular weight excluding hydrogens is 262 g/mol. The molecule has 0 saturated carbocycles. The Balaban J connectivity index is 2.06. The van der Waals surface area contributed by atoms with Crippen LogP contribution in [0.3, 0.4) is 0 Å². The molecule has 0 amide bonds. The van der Waals surface area contributed by atoms with Crippen LogP contribution in [0.1, 0.15) is 26.1 Å². The minimum Gasteiger partial charge on any atom is -0.463 e. The van der Waals surface area contributed by atoms with Crippen LogP contribution in [-0.2, 0) is 6.54 Å². The molecule has 2 N–H and O–H groups in total. The third kappa shape index (κ3) is 4.04. The minimum absolute atomic E-state index is 0.286. The molecular formula is C11H17N7O2. The normalized spacial score (nSPS) is 10.3. The standard InChI is InChI=1S/C11H17N7O2/c1-3-5-19-11-16-9(12-4-2)15-10(17-11)13-6-8-14-7-20-18-8/h7H,3-6H2,1-2H3,(H2,12,13,15,16,17). The maximum absolute atomic E-state index is 5.43. The zero-order chi connectivity index (χ0) is 14.2. The predicted octanol–water partition coefficient (Wildman–Crippen LogP) is 1.09. The largest absolute Gasteiger partial charge is 0.463 e. The summed E-state index contributed by atoms with van der Waals surface area (Å²) in [7, 11) is 0. The van der Waals surface area contributed by atoms with Crippen LogP contribution in [0, 0.1) is 0 Å². The molecule has 0 aliphatic rings. The van der Waals surface area contributed by atoms with Crippen molar-refractivity contribution in [1.82, 2.24) is 25.1 Å². The van der Waals surface area contributed by atoms with E-state index in [2.05, 4.69) is 40.2 Å². The molecule has 2 rings (SSSR count). The van der Waals surface area contributed by atoms with Gasteiger partial charge in [-0.2, -0.15) is 19.9 Å². The van der Waals surface area contributed by atoms with Gasteiger partial charge in [0.15, 0.2) is 5.82 Å². The summed E-state index contributed by atoms with van der Waals surface area (Å²) in [6.07, 6.45) is 2.15. The van der Waals surface area contributed by atoms with Crippen molar-refractivity contribution < 1.29 is 9.26 Å². The Morgan fingerprint density at radius 2 is 1.95 bits per heavy atom. The van der Waals surface area contributed by atoms with Gasteiger partial charge in [0.2, 0.25) is 18.3 Å². The number of nitrogens with zero attached hydrogens (tertiary/aromatic N) is 5. The molecule has 9 nitrogen and oxygen atoms in total. The lowest BCUT2D eigenvalue weighted by Gasteiger charge is -2.08. The second-order valence-corrected chi connectivity index (χ2v) is 3.84. The van der Waals surface area contributed by atoms with Crippen LogP contribution in [-0.4, -0.2) is 38.2 Å². The highest BCUT2D eigenvalue weighted by Crippen LogP contribution is 2.11. The maximum atomic E-state index is 5.43. The lowest BCUT2D eigenvalue weighted by atomic mass is 10.5. The Labute approximate surface area is 116 Å². The summed E-state index contributed by atoms with van der Waals surface area (Å²) in [5, 5.41) is 9.72. The highest BCUT2D eigenvalue weighted by atomic mass is 16.5. The summed E-state index contributed by atoms with van der Waals surface area (Å²) in [4.78, 5) is 16.5. The highest BCUT2D eigenvalue weighted by molar-refractivity contribution is 5.35. The van der Waals surface area contributed by atoms with Gasteiger partial charge in [0.1, 0.15) is 0 Å². The van der Waals surface area contributed by atoms with E-state index in [0.29, 0.717) is 37.4 Å². The van der Waals surface area contributed by atoms with Gasteiger partial charge in [-0.25, -0.2) is 0 Å². The zero-order valence-corrected chi connectivity index (χ0v) is 11.5. The van der Waals surface area contributed by atoms with E-state index in [1.54, 1.807) is 0 Å².